The lowest BCUT2D eigenvalue weighted by molar-refractivity contribution is 0.483. The molecule has 0 saturated carbocycles. The molecule has 0 amide bonds. The van der Waals surface area contributed by atoms with Crippen LogP contribution in [0.3, 0.4) is 0 Å². The second-order valence-corrected chi connectivity index (χ2v) is 9.94. The normalized spacial score (nSPS) is 11.2. The van der Waals surface area contributed by atoms with E-state index < -0.39 is 0 Å². The summed E-state index contributed by atoms with van der Waals surface area (Å²) in [6.45, 7) is 4.12. The average molecular weight is 523 g/mol. The molecule has 0 unspecified atom stereocenters. The van der Waals surface area contributed by atoms with Gasteiger partial charge in [0.05, 0.1) is 22.1 Å². The molecule has 6 heteroatoms. The van der Waals surface area contributed by atoms with Crippen LogP contribution in [0.25, 0.3) is 44.8 Å². The van der Waals surface area contributed by atoms with Gasteiger partial charge in [-0.25, -0.2) is 9.97 Å². The van der Waals surface area contributed by atoms with Crippen LogP contribution in [0.15, 0.2) is 109 Å². The number of H-pyrrole nitrogens is 2. The molecule has 0 saturated heterocycles. The number of hydrogen-bond donors (Lipinski definition) is 2. The number of aryl methyl sites for hydroxylation is 2. The summed E-state index contributed by atoms with van der Waals surface area (Å²) in [6.07, 6.45) is 0. The Balaban J connectivity index is 1.10. The average Bonchev–Trinajstić information content (AvgIpc) is 3.60. The highest BCUT2D eigenvalue weighted by atomic mass is 16.5. The van der Waals surface area contributed by atoms with Gasteiger partial charge in [-0.15, -0.1) is 0 Å². The van der Waals surface area contributed by atoms with Gasteiger partial charge < -0.3 is 19.4 Å². The number of nitrogens with zero attached hydrogens (tertiary/aromatic N) is 2. The summed E-state index contributed by atoms with van der Waals surface area (Å²) in [6, 6.07) is 36.0. The first-order chi connectivity index (χ1) is 19.6. The minimum Gasteiger partial charge on any atom is -0.457 e. The van der Waals surface area contributed by atoms with Gasteiger partial charge in [0.2, 0.25) is 0 Å². The molecule has 7 rings (SSSR count). The monoisotopic (exact) mass is 522 g/mol. The molecule has 0 aliphatic rings. The quantitative estimate of drug-likeness (QED) is 0.228. The van der Waals surface area contributed by atoms with Crippen LogP contribution >= 0.6 is 0 Å². The summed E-state index contributed by atoms with van der Waals surface area (Å²) in [5.74, 6) is 4.73. The SMILES string of the molecule is Cc1ccc(Oc2ccc3[nH]c(-c4ccc(-c5nc6ccc(Oc7ccc(C)cc7)cc6[nH]5)cc4)nc3c2)cc1. The maximum atomic E-state index is 6.02. The second kappa shape index (κ2) is 9.75. The Bertz CT molecular complexity index is 1810. The highest BCUT2D eigenvalue weighted by molar-refractivity contribution is 5.83. The summed E-state index contributed by atoms with van der Waals surface area (Å²) in [5.41, 5.74) is 7.99. The van der Waals surface area contributed by atoms with Crippen LogP contribution in [0, 0.1) is 13.8 Å². The minimum atomic E-state index is 0.752. The Labute approximate surface area is 231 Å². The number of imidazole rings is 2. The van der Waals surface area contributed by atoms with Crippen LogP contribution < -0.4 is 9.47 Å². The van der Waals surface area contributed by atoms with Crippen molar-refractivity contribution in [3.63, 3.8) is 0 Å². The summed E-state index contributed by atoms with van der Waals surface area (Å²) >= 11 is 0. The maximum absolute atomic E-state index is 6.02. The summed E-state index contributed by atoms with van der Waals surface area (Å²) in [5, 5.41) is 0. The summed E-state index contributed by atoms with van der Waals surface area (Å²) in [4.78, 5) is 16.4. The predicted octanol–water partition coefficient (Wildman–Crippen LogP) is 8.97. The van der Waals surface area contributed by atoms with Crippen molar-refractivity contribution >= 4 is 22.1 Å². The van der Waals surface area contributed by atoms with Gasteiger partial charge in [0, 0.05) is 23.3 Å². The van der Waals surface area contributed by atoms with Crippen LogP contribution in [0.4, 0.5) is 0 Å². The van der Waals surface area contributed by atoms with Crippen LogP contribution in [0.5, 0.6) is 23.0 Å². The predicted molar refractivity (Wildman–Crippen MR) is 159 cm³/mol. The van der Waals surface area contributed by atoms with Crippen molar-refractivity contribution in [3.05, 3.63) is 120 Å². The standard InChI is InChI=1S/C34H26N4O2/c1-21-3-11-25(12-4-21)39-27-15-17-29-31(19-27)37-33(35-29)23-7-9-24(10-8-23)34-36-30-18-16-28(20-32(30)38-34)40-26-13-5-22(2)6-14-26/h3-20H,1-2H3,(H,35,37)(H,36,38). The lowest BCUT2D eigenvalue weighted by Gasteiger charge is -2.05. The first-order valence-corrected chi connectivity index (χ1v) is 13.2. The molecule has 2 heterocycles. The van der Waals surface area contributed by atoms with Gasteiger partial charge in [0.1, 0.15) is 34.6 Å². The van der Waals surface area contributed by atoms with E-state index >= 15 is 0 Å². The van der Waals surface area contributed by atoms with Crippen molar-refractivity contribution in [3.8, 4) is 45.8 Å². The molecule has 7 aromatic rings. The number of benzene rings is 5. The number of fused-ring (bicyclic) bond motifs is 2. The molecule has 40 heavy (non-hydrogen) atoms. The van der Waals surface area contributed by atoms with E-state index in [9.17, 15) is 0 Å². The van der Waals surface area contributed by atoms with Crippen molar-refractivity contribution in [2.24, 2.45) is 0 Å². The lowest BCUT2D eigenvalue weighted by atomic mass is 10.1. The molecule has 0 bridgehead atoms. The van der Waals surface area contributed by atoms with Gasteiger partial charge in [-0.3, -0.25) is 0 Å². The van der Waals surface area contributed by atoms with Gasteiger partial charge in [-0.1, -0.05) is 59.7 Å². The van der Waals surface area contributed by atoms with Crippen LogP contribution in [-0.4, -0.2) is 19.9 Å². The minimum absolute atomic E-state index is 0.752. The smallest absolute Gasteiger partial charge is 0.138 e. The zero-order chi connectivity index (χ0) is 27.1. The van der Waals surface area contributed by atoms with E-state index in [4.69, 9.17) is 19.4 Å². The number of ether oxygens (including phenoxy) is 2. The first-order valence-electron chi connectivity index (χ1n) is 13.2. The zero-order valence-electron chi connectivity index (χ0n) is 22.1. The molecule has 5 aromatic carbocycles. The number of aromatic nitrogens is 4. The Morgan fingerprint density at radius 3 is 1.52 bits per heavy atom. The Kier molecular flexibility index (Phi) is 5.78. The van der Waals surface area contributed by atoms with Crippen molar-refractivity contribution in [2.75, 3.05) is 0 Å². The van der Waals surface area contributed by atoms with Gasteiger partial charge >= 0.3 is 0 Å². The van der Waals surface area contributed by atoms with Crippen molar-refractivity contribution < 1.29 is 9.47 Å². The fraction of sp³-hybridized carbons (Fsp3) is 0.0588. The number of hydrogen-bond acceptors (Lipinski definition) is 4. The molecule has 0 spiro atoms. The third-order valence-electron chi connectivity index (χ3n) is 6.85. The first kappa shape index (κ1) is 23.7. The molecule has 0 radical (unpaired) electrons. The molecule has 2 N–H and O–H groups in total. The number of aromatic amines is 2. The van der Waals surface area contributed by atoms with E-state index in [2.05, 4.69) is 48.1 Å². The van der Waals surface area contributed by atoms with Crippen LogP contribution in [0.2, 0.25) is 0 Å². The second-order valence-electron chi connectivity index (χ2n) is 9.94. The van der Waals surface area contributed by atoms with Gasteiger partial charge in [-0.05, 0) is 62.4 Å². The fourth-order valence-electron chi connectivity index (χ4n) is 4.65. The Morgan fingerprint density at radius 2 is 0.925 bits per heavy atom. The molecule has 0 fully saturated rings. The Morgan fingerprint density at radius 1 is 0.450 bits per heavy atom. The third-order valence-corrected chi connectivity index (χ3v) is 6.85. The number of nitrogens with one attached hydrogen (secondary N) is 2. The molecular weight excluding hydrogens is 496 g/mol. The molecular formula is C34H26N4O2. The van der Waals surface area contributed by atoms with E-state index in [1.54, 1.807) is 0 Å². The largest absolute Gasteiger partial charge is 0.457 e. The lowest BCUT2D eigenvalue weighted by Crippen LogP contribution is -1.84. The fourth-order valence-corrected chi connectivity index (χ4v) is 4.65. The zero-order valence-corrected chi connectivity index (χ0v) is 22.1. The van der Waals surface area contributed by atoms with E-state index in [0.717, 1.165) is 67.8 Å². The molecule has 0 aliphatic heterocycles. The van der Waals surface area contributed by atoms with E-state index in [-0.39, 0.29) is 0 Å². The van der Waals surface area contributed by atoms with Crippen molar-refractivity contribution in [1.29, 1.82) is 0 Å². The van der Waals surface area contributed by atoms with Crippen LogP contribution in [0.1, 0.15) is 11.1 Å². The molecule has 194 valence electrons. The third kappa shape index (κ3) is 4.78. The van der Waals surface area contributed by atoms with Crippen LogP contribution in [-0.2, 0) is 0 Å². The maximum Gasteiger partial charge on any atom is 0.138 e. The van der Waals surface area contributed by atoms with Gasteiger partial charge in [-0.2, -0.15) is 0 Å². The van der Waals surface area contributed by atoms with Gasteiger partial charge in [0.15, 0.2) is 0 Å². The topological polar surface area (TPSA) is 75.8 Å². The molecule has 6 nitrogen and oxygen atoms in total. The van der Waals surface area contributed by atoms with Gasteiger partial charge in [0.25, 0.3) is 0 Å². The number of rotatable bonds is 6. The molecule has 0 atom stereocenters. The Hall–Kier alpha value is -5.36. The molecule has 2 aromatic heterocycles. The van der Waals surface area contributed by atoms with Crippen molar-refractivity contribution in [1.82, 2.24) is 19.9 Å². The summed E-state index contributed by atoms with van der Waals surface area (Å²) in [7, 11) is 0. The molecule has 0 aliphatic carbocycles. The highest BCUT2D eigenvalue weighted by Gasteiger charge is 2.10. The van der Waals surface area contributed by atoms with E-state index in [1.165, 1.54) is 11.1 Å². The van der Waals surface area contributed by atoms with E-state index in [0.29, 0.717) is 0 Å². The summed E-state index contributed by atoms with van der Waals surface area (Å²) < 4.78 is 12.0. The van der Waals surface area contributed by atoms with Crippen molar-refractivity contribution in [2.45, 2.75) is 13.8 Å². The highest BCUT2D eigenvalue weighted by Crippen LogP contribution is 2.30. The van der Waals surface area contributed by atoms with E-state index in [1.807, 2.05) is 84.9 Å².